The molecule has 1 aliphatic heterocycles. The van der Waals surface area contributed by atoms with Crippen molar-refractivity contribution in [1.82, 2.24) is 5.32 Å². The van der Waals surface area contributed by atoms with Crippen LogP contribution in [0.2, 0.25) is 0 Å². The van der Waals surface area contributed by atoms with Gasteiger partial charge in [-0.25, -0.2) is 0 Å². The predicted octanol–water partition coefficient (Wildman–Crippen LogP) is 1.52. The summed E-state index contributed by atoms with van der Waals surface area (Å²) in [5.74, 6) is 0.731. The molecular formula is C12H26N2O. The van der Waals surface area contributed by atoms with E-state index in [0.717, 1.165) is 38.5 Å². The van der Waals surface area contributed by atoms with Crippen LogP contribution < -0.4 is 11.1 Å². The Morgan fingerprint density at radius 2 is 2.07 bits per heavy atom. The topological polar surface area (TPSA) is 47.3 Å². The first-order chi connectivity index (χ1) is 7.20. The molecule has 0 radical (unpaired) electrons. The summed E-state index contributed by atoms with van der Waals surface area (Å²) < 4.78 is 6.01. The molecule has 0 aromatic rings. The van der Waals surface area contributed by atoms with Crippen LogP contribution in [-0.2, 0) is 4.74 Å². The molecule has 0 saturated carbocycles. The second kappa shape index (κ2) is 6.46. The number of piperidine rings is 1. The summed E-state index contributed by atoms with van der Waals surface area (Å²) in [4.78, 5) is 0. The van der Waals surface area contributed by atoms with E-state index in [4.69, 9.17) is 10.5 Å². The normalized spacial score (nSPS) is 22.6. The summed E-state index contributed by atoms with van der Waals surface area (Å²) in [6, 6.07) is 0. The number of nitrogens with two attached hydrogens (primary N) is 1. The Morgan fingerprint density at radius 1 is 1.40 bits per heavy atom. The van der Waals surface area contributed by atoms with Crippen molar-refractivity contribution in [1.29, 1.82) is 0 Å². The average Bonchev–Trinajstić information content (AvgIpc) is 2.28. The Labute approximate surface area is 93.8 Å². The lowest BCUT2D eigenvalue weighted by atomic mass is 9.97. The summed E-state index contributed by atoms with van der Waals surface area (Å²) in [5.41, 5.74) is 5.67. The Bertz CT molecular complexity index is 169. The highest BCUT2D eigenvalue weighted by atomic mass is 16.5. The maximum absolute atomic E-state index is 6.01. The maximum Gasteiger partial charge on any atom is 0.0776 e. The molecule has 3 heteroatoms. The first-order valence-electron chi connectivity index (χ1n) is 6.25. The Balaban J connectivity index is 2.25. The highest BCUT2D eigenvalue weighted by Gasteiger charge is 2.24. The summed E-state index contributed by atoms with van der Waals surface area (Å²) in [6.45, 7) is 8.11. The van der Waals surface area contributed by atoms with Crippen molar-refractivity contribution in [2.24, 2.45) is 11.7 Å². The molecule has 3 N–H and O–H groups in total. The molecule has 90 valence electrons. The van der Waals surface area contributed by atoms with E-state index < -0.39 is 0 Å². The van der Waals surface area contributed by atoms with E-state index in [1.165, 1.54) is 12.8 Å². The van der Waals surface area contributed by atoms with Gasteiger partial charge in [0.25, 0.3) is 0 Å². The summed E-state index contributed by atoms with van der Waals surface area (Å²) in [5, 5.41) is 3.37. The van der Waals surface area contributed by atoms with E-state index in [-0.39, 0.29) is 5.60 Å². The molecular weight excluding hydrogens is 188 g/mol. The minimum atomic E-state index is -0.0976. The van der Waals surface area contributed by atoms with E-state index in [1.807, 2.05) is 0 Å². The van der Waals surface area contributed by atoms with Crippen molar-refractivity contribution in [3.8, 4) is 0 Å². The molecule has 3 nitrogen and oxygen atoms in total. The van der Waals surface area contributed by atoms with Crippen molar-refractivity contribution in [2.75, 3.05) is 26.2 Å². The molecule has 15 heavy (non-hydrogen) atoms. The zero-order chi connectivity index (χ0) is 11.1. The lowest BCUT2D eigenvalue weighted by molar-refractivity contribution is -0.0512. The smallest absolute Gasteiger partial charge is 0.0776 e. The Kier molecular flexibility index (Phi) is 5.58. The second-order valence-corrected chi connectivity index (χ2v) is 4.91. The fourth-order valence-electron chi connectivity index (χ4n) is 2.13. The average molecular weight is 214 g/mol. The van der Waals surface area contributed by atoms with Gasteiger partial charge in [-0.05, 0) is 45.2 Å². The van der Waals surface area contributed by atoms with Gasteiger partial charge in [-0.15, -0.1) is 0 Å². The van der Waals surface area contributed by atoms with Crippen molar-refractivity contribution < 1.29 is 4.74 Å². The van der Waals surface area contributed by atoms with Gasteiger partial charge in [0, 0.05) is 6.54 Å². The number of hydrogen-bond acceptors (Lipinski definition) is 3. The fraction of sp³-hybridized carbons (Fsp3) is 1.00. The van der Waals surface area contributed by atoms with Crippen LogP contribution in [0, 0.1) is 5.92 Å². The Morgan fingerprint density at radius 3 is 2.60 bits per heavy atom. The number of ether oxygens (including phenoxy) is 1. The van der Waals surface area contributed by atoms with E-state index in [0.29, 0.717) is 6.54 Å². The van der Waals surface area contributed by atoms with Gasteiger partial charge in [0.1, 0.15) is 0 Å². The molecule has 0 aliphatic carbocycles. The van der Waals surface area contributed by atoms with Crippen molar-refractivity contribution >= 4 is 0 Å². The molecule has 0 aromatic heterocycles. The van der Waals surface area contributed by atoms with Crippen LogP contribution in [0.5, 0.6) is 0 Å². The van der Waals surface area contributed by atoms with Crippen LogP contribution in [0.3, 0.4) is 0 Å². The zero-order valence-corrected chi connectivity index (χ0v) is 10.2. The molecule has 1 heterocycles. The second-order valence-electron chi connectivity index (χ2n) is 4.91. The van der Waals surface area contributed by atoms with Crippen LogP contribution >= 0.6 is 0 Å². The van der Waals surface area contributed by atoms with Gasteiger partial charge in [0.2, 0.25) is 0 Å². The van der Waals surface area contributed by atoms with Crippen LogP contribution in [0.1, 0.15) is 39.5 Å². The third kappa shape index (κ3) is 4.49. The quantitative estimate of drug-likeness (QED) is 0.705. The van der Waals surface area contributed by atoms with Crippen molar-refractivity contribution in [3.05, 3.63) is 0 Å². The highest BCUT2D eigenvalue weighted by Crippen LogP contribution is 2.20. The highest BCUT2D eigenvalue weighted by molar-refractivity contribution is 4.77. The molecule has 1 aliphatic rings. The van der Waals surface area contributed by atoms with E-state index in [1.54, 1.807) is 0 Å². The minimum Gasteiger partial charge on any atom is -0.374 e. The number of hydrogen-bond donors (Lipinski definition) is 2. The molecule has 1 fully saturated rings. The summed E-state index contributed by atoms with van der Waals surface area (Å²) in [7, 11) is 0. The number of rotatable bonds is 6. The molecule has 0 bridgehead atoms. The largest absolute Gasteiger partial charge is 0.374 e. The van der Waals surface area contributed by atoms with Crippen LogP contribution in [-0.4, -0.2) is 31.8 Å². The monoisotopic (exact) mass is 214 g/mol. The summed E-state index contributed by atoms with van der Waals surface area (Å²) in [6.07, 6.45) is 4.69. The van der Waals surface area contributed by atoms with Gasteiger partial charge in [-0.3, -0.25) is 0 Å². The molecule has 1 unspecified atom stereocenters. The molecule has 0 amide bonds. The lowest BCUT2D eigenvalue weighted by Crippen LogP contribution is -2.40. The number of nitrogens with one attached hydrogen (secondary N) is 1. The van der Waals surface area contributed by atoms with Gasteiger partial charge in [-0.2, -0.15) is 0 Å². The van der Waals surface area contributed by atoms with Gasteiger partial charge in [0.15, 0.2) is 0 Å². The summed E-state index contributed by atoms with van der Waals surface area (Å²) >= 11 is 0. The van der Waals surface area contributed by atoms with E-state index in [9.17, 15) is 0 Å². The SMILES string of the molecule is CCCC(C)(CN)OCC1CCNCC1. The lowest BCUT2D eigenvalue weighted by Gasteiger charge is -2.31. The Hall–Kier alpha value is -0.120. The van der Waals surface area contributed by atoms with Gasteiger partial charge in [0.05, 0.1) is 12.2 Å². The zero-order valence-electron chi connectivity index (χ0n) is 10.2. The maximum atomic E-state index is 6.01. The van der Waals surface area contributed by atoms with E-state index in [2.05, 4.69) is 19.2 Å². The van der Waals surface area contributed by atoms with Gasteiger partial charge in [-0.1, -0.05) is 13.3 Å². The third-order valence-electron chi connectivity index (χ3n) is 3.34. The van der Waals surface area contributed by atoms with Crippen molar-refractivity contribution in [3.63, 3.8) is 0 Å². The standard InChI is InChI=1S/C12H26N2O/c1-3-6-12(2,10-13)15-9-11-4-7-14-8-5-11/h11,14H,3-10,13H2,1-2H3. The van der Waals surface area contributed by atoms with Crippen LogP contribution in [0.15, 0.2) is 0 Å². The van der Waals surface area contributed by atoms with Gasteiger partial charge < -0.3 is 15.8 Å². The van der Waals surface area contributed by atoms with E-state index >= 15 is 0 Å². The van der Waals surface area contributed by atoms with Gasteiger partial charge >= 0.3 is 0 Å². The fourth-order valence-corrected chi connectivity index (χ4v) is 2.13. The molecule has 0 aromatic carbocycles. The molecule has 1 rings (SSSR count). The van der Waals surface area contributed by atoms with Crippen molar-refractivity contribution in [2.45, 2.75) is 45.1 Å². The first-order valence-corrected chi connectivity index (χ1v) is 6.25. The minimum absolute atomic E-state index is 0.0976. The molecule has 1 saturated heterocycles. The molecule has 1 atom stereocenters. The van der Waals surface area contributed by atoms with Crippen LogP contribution in [0.25, 0.3) is 0 Å². The van der Waals surface area contributed by atoms with Crippen LogP contribution in [0.4, 0.5) is 0 Å². The first kappa shape index (κ1) is 12.9. The third-order valence-corrected chi connectivity index (χ3v) is 3.34. The molecule has 0 spiro atoms. The predicted molar refractivity (Wildman–Crippen MR) is 63.9 cm³/mol.